The van der Waals surface area contributed by atoms with E-state index in [1.165, 1.54) is 67.9 Å². The molecule has 4 aliphatic carbocycles. The molecule has 5 nitrogen and oxygen atoms in total. The SMILES string of the molecule is O=C(Nc1nc(C23CC4CC(CC(C4)C2)C3)cs1)c1ccc[n+]([O-])c1. The molecular formula is C19H21N3O2S. The molecule has 0 aliphatic heterocycles. The third-order valence-corrected chi connectivity index (χ3v) is 7.10. The van der Waals surface area contributed by atoms with Crippen LogP contribution in [0.3, 0.4) is 0 Å². The maximum absolute atomic E-state index is 12.3. The molecule has 6 heteroatoms. The Hall–Kier alpha value is -1.95. The molecule has 2 aromatic rings. The van der Waals surface area contributed by atoms with Crippen molar-refractivity contribution in [3.63, 3.8) is 0 Å². The maximum atomic E-state index is 12.3. The lowest BCUT2D eigenvalue weighted by Gasteiger charge is -2.56. The summed E-state index contributed by atoms with van der Waals surface area (Å²) in [6, 6.07) is 3.21. The van der Waals surface area contributed by atoms with Crippen molar-refractivity contribution in [2.45, 2.75) is 43.9 Å². The number of nitrogens with one attached hydrogen (secondary N) is 1. The molecule has 4 bridgehead atoms. The Morgan fingerprint density at radius 3 is 2.56 bits per heavy atom. The van der Waals surface area contributed by atoms with E-state index in [-0.39, 0.29) is 11.3 Å². The molecule has 1 N–H and O–H groups in total. The summed E-state index contributed by atoms with van der Waals surface area (Å²) >= 11 is 1.50. The summed E-state index contributed by atoms with van der Waals surface area (Å²) in [4.78, 5) is 17.1. The zero-order valence-electron chi connectivity index (χ0n) is 14.0. The molecule has 0 radical (unpaired) electrons. The number of thiazole rings is 1. The minimum atomic E-state index is -0.281. The van der Waals surface area contributed by atoms with Crippen LogP contribution in [0.1, 0.15) is 54.6 Å². The molecule has 4 saturated carbocycles. The molecule has 6 rings (SSSR count). The van der Waals surface area contributed by atoms with Gasteiger partial charge >= 0.3 is 0 Å². The topological polar surface area (TPSA) is 68.9 Å². The second kappa shape index (κ2) is 5.53. The van der Waals surface area contributed by atoms with E-state index in [0.717, 1.165) is 17.8 Å². The minimum Gasteiger partial charge on any atom is -0.619 e. The first-order chi connectivity index (χ1) is 12.1. The van der Waals surface area contributed by atoms with E-state index in [1.807, 2.05) is 0 Å². The van der Waals surface area contributed by atoms with Gasteiger partial charge in [-0.2, -0.15) is 4.73 Å². The number of anilines is 1. The van der Waals surface area contributed by atoms with Gasteiger partial charge in [-0.15, -0.1) is 11.3 Å². The number of hydrogen-bond donors (Lipinski definition) is 1. The van der Waals surface area contributed by atoms with Gasteiger partial charge in [-0.3, -0.25) is 10.1 Å². The third kappa shape index (κ3) is 2.63. The number of hydrogen-bond acceptors (Lipinski definition) is 4. The molecule has 2 aromatic heterocycles. The maximum Gasteiger partial charge on any atom is 0.263 e. The fourth-order valence-electron chi connectivity index (χ4n) is 5.76. The number of nitrogens with zero attached hydrogens (tertiary/aromatic N) is 2. The van der Waals surface area contributed by atoms with Crippen molar-refractivity contribution < 1.29 is 9.52 Å². The first kappa shape index (κ1) is 15.3. The molecule has 1 amide bonds. The molecule has 0 unspecified atom stereocenters. The summed E-state index contributed by atoms with van der Waals surface area (Å²) in [5, 5.41) is 17.0. The monoisotopic (exact) mass is 355 g/mol. The van der Waals surface area contributed by atoms with Gasteiger partial charge < -0.3 is 5.21 Å². The molecule has 2 heterocycles. The number of amides is 1. The van der Waals surface area contributed by atoms with E-state index in [0.29, 0.717) is 15.4 Å². The lowest BCUT2D eigenvalue weighted by atomic mass is 9.49. The van der Waals surface area contributed by atoms with Crippen molar-refractivity contribution in [2.24, 2.45) is 17.8 Å². The van der Waals surface area contributed by atoms with Gasteiger partial charge in [0.05, 0.1) is 5.69 Å². The second-order valence-electron chi connectivity index (χ2n) is 8.14. The lowest BCUT2D eigenvalue weighted by Crippen LogP contribution is -2.48. The summed E-state index contributed by atoms with van der Waals surface area (Å²) in [5.41, 5.74) is 1.78. The zero-order valence-corrected chi connectivity index (χ0v) is 14.8. The molecule has 4 aliphatic rings. The zero-order chi connectivity index (χ0) is 17.0. The van der Waals surface area contributed by atoms with Gasteiger partial charge in [0.2, 0.25) is 0 Å². The lowest BCUT2D eigenvalue weighted by molar-refractivity contribution is -0.605. The summed E-state index contributed by atoms with van der Waals surface area (Å²) in [6.45, 7) is 0. The predicted octanol–water partition coefficient (Wildman–Crippen LogP) is 3.50. The number of pyridine rings is 1. The van der Waals surface area contributed by atoms with E-state index < -0.39 is 0 Å². The van der Waals surface area contributed by atoms with Crippen molar-refractivity contribution in [2.75, 3.05) is 5.32 Å². The van der Waals surface area contributed by atoms with E-state index >= 15 is 0 Å². The first-order valence-corrected chi connectivity index (χ1v) is 9.94. The average molecular weight is 355 g/mol. The number of carbonyl (C=O) groups is 1. The second-order valence-corrected chi connectivity index (χ2v) is 9.00. The van der Waals surface area contributed by atoms with Crippen LogP contribution >= 0.6 is 11.3 Å². The van der Waals surface area contributed by atoms with Crippen LogP contribution in [0.4, 0.5) is 5.13 Å². The van der Waals surface area contributed by atoms with Crippen LogP contribution in [0.5, 0.6) is 0 Å². The number of rotatable bonds is 3. The van der Waals surface area contributed by atoms with Crippen molar-refractivity contribution in [3.8, 4) is 0 Å². The van der Waals surface area contributed by atoms with Crippen LogP contribution in [0.15, 0.2) is 29.9 Å². The first-order valence-electron chi connectivity index (χ1n) is 9.06. The van der Waals surface area contributed by atoms with Crippen molar-refractivity contribution >= 4 is 22.4 Å². The Labute approximate surface area is 150 Å². The normalized spacial score (nSPS) is 32.7. The largest absolute Gasteiger partial charge is 0.619 e. The van der Waals surface area contributed by atoms with Crippen LogP contribution in [0, 0.1) is 23.0 Å². The van der Waals surface area contributed by atoms with Gasteiger partial charge in [0.15, 0.2) is 17.5 Å². The van der Waals surface area contributed by atoms with E-state index in [4.69, 9.17) is 4.98 Å². The van der Waals surface area contributed by atoms with E-state index in [9.17, 15) is 10.0 Å². The Morgan fingerprint density at radius 2 is 1.92 bits per heavy atom. The van der Waals surface area contributed by atoms with Gasteiger partial charge in [0.25, 0.3) is 5.91 Å². The highest BCUT2D eigenvalue weighted by atomic mass is 32.1. The quantitative estimate of drug-likeness (QED) is 0.677. The summed E-state index contributed by atoms with van der Waals surface area (Å²) in [7, 11) is 0. The molecule has 130 valence electrons. The molecule has 25 heavy (non-hydrogen) atoms. The van der Waals surface area contributed by atoms with Crippen LogP contribution in [0.25, 0.3) is 0 Å². The van der Waals surface area contributed by atoms with Crippen LogP contribution in [-0.4, -0.2) is 10.9 Å². The molecule has 4 fully saturated rings. The standard InChI is InChI=1S/C19H21N3O2S/c23-17(15-2-1-3-22(24)10-15)21-18-20-16(11-25-18)19-7-12-4-13(8-19)6-14(5-12)9-19/h1-3,10-14H,4-9H2,(H,20,21,23). The fourth-order valence-corrected chi connectivity index (χ4v) is 6.59. The molecular weight excluding hydrogens is 334 g/mol. The predicted molar refractivity (Wildman–Crippen MR) is 95.3 cm³/mol. The van der Waals surface area contributed by atoms with Crippen LogP contribution in [-0.2, 0) is 5.41 Å². The van der Waals surface area contributed by atoms with Gasteiger partial charge in [-0.1, -0.05) is 0 Å². The average Bonchev–Trinajstić information content (AvgIpc) is 3.03. The summed E-state index contributed by atoms with van der Waals surface area (Å²) in [6.07, 6.45) is 10.7. The highest BCUT2D eigenvalue weighted by Crippen LogP contribution is 2.60. The Kier molecular flexibility index (Phi) is 3.39. The minimum absolute atomic E-state index is 0.249. The number of carbonyl (C=O) groups excluding carboxylic acids is 1. The van der Waals surface area contributed by atoms with Crippen molar-refractivity contribution in [1.29, 1.82) is 0 Å². The van der Waals surface area contributed by atoms with E-state index in [2.05, 4.69) is 10.7 Å². The van der Waals surface area contributed by atoms with Crippen LogP contribution < -0.4 is 10.0 Å². The third-order valence-electron chi connectivity index (χ3n) is 6.34. The fraction of sp³-hybridized carbons (Fsp3) is 0.526. The van der Waals surface area contributed by atoms with Gasteiger partial charge in [-0.25, -0.2) is 4.98 Å². The highest BCUT2D eigenvalue weighted by molar-refractivity contribution is 7.14. The molecule has 0 saturated heterocycles. The van der Waals surface area contributed by atoms with E-state index in [1.54, 1.807) is 12.1 Å². The Balaban J connectivity index is 1.36. The van der Waals surface area contributed by atoms with Crippen molar-refractivity contribution in [3.05, 3.63) is 46.4 Å². The number of aromatic nitrogens is 2. The molecule has 0 atom stereocenters. The molecule has 0 spiro atoms. The Morgan fingerprint density at radius 1 is 1.24 bits per heavy atom. The van der Waals surface area contributed by atoms with Gasteiger partial charge in [-0.05, 0) is 62.3 Å². The summed E-state index contributed by atoms with van der Waals surface area (Å²) in [5.74, 6) is 2.35. The molecule has 0 aromatic carbocycles. The smallest absolute Gasteiger partial charge is 0.263 e. The van der Waals surface area contributed by atoms with Gasteiger partial charge in [0.1, 0.15) is 5.56 Å². The summed E-state index contributed by atoms with van der Waals surface area (Å²) < 4.78 is 0.637. The van der Waals surface area contributed by atoms with Gasteiger partial charge in [0, 0.05) is 16.9 Å². The highest BCUT2D eigenvalue weighted by Gasteiger charge is 2.52. The Bertz CT molecular complexity index is 796. The van der Waals surface area contributed by atoms with Crippen LogP contribution in [0.2, 0.25) is 0 Å². The van der Waals surface area contributed by atoms with Crippen molar-refractivity contribution in [1.82, 2.24) is 4.98 Å².